The van der Waals surface area contributed by atoms with Gasteiger partial charge in [0, 0.05) is 0 Å². The predicted octanol–water partition coefficient (Wildman–Crippen LogP) is 5.31. The molecule has 0 aliphatic rings. The van der Waals surface area contributed by atoms with Gasteiger partial charge in [-0.2, -0.15) is 0 Å². The van der Waals surface area contributed by atoms with Crippen molar-refractivity contribution < 1.29 is 14.3 Å². The SMILES string of the molecule is COc1ccccc1NC(=O)COc1ccc(C(C)(C)C)cc1C(C)(C)C. The number of nitrogens with one attached hydrogen (secondary N) is 1. The smallest absolute Gasteiger partial charge is 0.262 e. The minimum atomic E-state index is -0.223. The van der Waals surface area contributed by atoms with Crippen LogP contribution < -0.4 is 14.8 Å². The first-order valence-corrected chi connectivity index (χ1v) is 9.23. The lowest BCUT2D eigenvalue weighted by Crippen LogP contribution is -2.23. The van der Waals surface area contributed by atoms with Gasteiger partial charge in [0.2, 0.25) is 0 Å². The molecule has 2 aromatic rings. The summed E-state index contributed by atoms with van der Waals surface area (Å²) in [5.74, 6) is 1.14. The zero-order valence-electron chi connectivity index (χ0n) is 17.5. The van der Waals surface area contributed by atoms with Gasteiger partial charge in [0.05, 0.1) is 12.8 Å². The van der Waals surface area contributed by atoms with Crippen LogP contribution >= 0.6 is 0 Å². The van der Waals surface area contributed by atoms with Gasteiger partial charge in [-0.1, -0.05) is 65.8 Å². The quantitative estimate of drug-likeness (QED) is 0.777. The molecule has 0 fully saturated rings. The zero-order chi connectivity index (χ0) is 20.2. The van der Waals surface area contributed by atoms with Gasteiger partial charge < -0.3 is 14.8 Å². The fraction of sp³-hybridized carbons (Fsp3) is 0.435. The molecule has 4 heteroatoms. The van der Waals surface area contributed by atoms with Crippen LogP contribution in [-0.4, -0.2) is 19.6 Å². The maximum Gasteiger partial charge on any atom is 0.262 e. The number of anilines is 1. The fourth-order valence-corrected chi connectivity index (χ4v) is 2.79. The maximum absolute atomic E-state index is 12.3. The summed E-state index contributed by atoms with van der Waals surface area (Å²) >= 11 is 0. The average Bonchev–Trinajstić information content (AvgIpc) is 2.58. The van der Waals surface area contributed by atoms with Crippen molar-refractivity contribution in [2.45, 2.75) is 52.4 Å². The maximum atomic E-state index is 12.3. The lowest BCUT2D eigenvalue weighted by Gasteiger charge is -2.27. The summed E-state index contributed by atoms with van der Waals surface area (Å²) in [6.07, 6.45) is 0. The van der Waals surface area contributed by atoms with E-state index in [-0.39, 0.29) is 23.3 Å². The lowest BCUT2D eigenvalue weighted by atomic mass is 9.80. The highest BCUT2D eigenvalue weighted by molar-refractivity contribution is 5.93. The molecular formula is C23H31NO3. The molecule has 1 amide bonds. The topological polar surface area (TPSA) is 47.6 Å². The molecule has 4 nitrogen and oxygen atoms in total. The Kier molecular flexibility index (Phi) is 6.19. The summed E-state index contributed by atoms with van der Waals surface area (Å²) in [6.45, 7) is 13.0. The monoisotopic (exact) mass is 369 g/mol. The fourth-order valence-electron chi connectivity index (χ4n) is 2.79. The molecule has 0 aromatic heterocycles. The summed E-state index contributed by atoms with van der Waals surface area (Å²) in [5.41, 5.74) is 2.95. The number of carbonyl (C=O) groups is 1. The number of methoxy groups -OCH3 is 1. The van der Waals surface area contributed by atoms with Crippen molar-refractivity contribution in [2.24, 2.45) is 0 Å². The first kappa shape index (κ1) is 20.8. The van der Waals surface area contributed by atoms with Crippen LogP contribution in [0.5, 0.6) is 11.5 Å². The highest BCUT2D eigenvalue weighted by atomic mass is 16.5. The molecule has 0 saturated carbocycles. The van der Waals surface area contributed by atoms with E-state index in [1.165, 1.54) is 5.56 Å². The molecule has 0 spiro atoms. The van der Waals surface area contributed by atoms with Crippen LogP contribution in [0.3, 0.4) is 0 Å². The van der Waals surface area contributed by atoms with E-state index in [0.29, 0.717) is 11.4 Å². The Balaban J connectivity index is 2.16. The highest BCUT2D eigenvalue weighted by Gasteiger charge is 2.23. The van der Waals surface area contributed by atoms with Crippen molar-refractivity contribution in [3.8, 4) is 11.5 Å². The number of hydrogen-bond donors (Lipinski definition) is 1. The van der Waals surface area contributed by atoms with Crippen LogP contribution in [-0.2, 0) is 15.6 Å². The molecule has 2 aromatic carbocycles. The third-order valence-corrected chi connectivity index (χ3v) is 4.39. The zero-order valence-corrected chi connectivity index (χ0v) is 17.5. The Morgan fingerprint density at radius 3 is 2.19 bits per heavy atom. The molecule has 146 valence electrons. The molecular weight excluding hydrogens is 338 g/mol. The molecule has 27 heavy (non-hydrogen) atoms. The van der Waals surface area contributed by atoms with E-state index >= 15 is 0 Å². The Hall–Kier alpha value is -2.49. The van der Waals surface area contributed by atoms with Crippen LogP contribution in [0.2, 0.25) is 0 Å². The van der Waals surface area contributed by atoms with E-state index in [1.807, 2.05) is 18.2 Å². The molecule has 0 aliphatic heterocycles. The van der Waals surface area contributed by atoms with E-state index in [9.17, 15) is 4.79 Å². The van der Waals surface area contributed by atoms with Crippen molar-refractivity contribution in [3.63, 3.8) is 0 Å². The second-order valence-electron chi connectivity index (χ2n) is 8.75. The van der Waals surface area contributed by atoms with Gasteiger partial charge in [-0.15, -0.1) is 0 Å². The Labute approximate surface area is 162 Å². The van der Waals surface area contributed by atoms with Gasteiger partial charge >= 0.3 is 0 Å². The van der Waals surface area contributed by atoms with Gasteiger partial charge in [0.25, 0.3) is 5.91 Å². The summed E-state index contributed by atoms with van der Waals surface area (Å²) in [7, 11) is 1.58. The first-order valence-electron chi connectivity index (χ1n) is 9.23. The Morgan fingerprint density at radius 1 is 0.926 bits per heavy atom. The molecule has 0 atom stereocenters. The average molecular weight is 370 g/mol. The molecule has 2 rings (SSSR count). The standard InChI is InChI=1S/C23H31NO3/c1-22(2,3)16-12-13-19(17(14-16)23(4,5)6)27-15-21(25)24-18-10-8-9-11-20(18)26-7/h8-14H,15H2,1-7H3,(H,24,25). The van der Waals surface area contributed by atoms with Gasteiger partial charge in [-0.25, -0.2) is 0 Å². The molecule has 0 saturated heterocycles. The highest BCUT2D eigenvalue weighted by Crippen LogP contribution is 2.35. The summed E-state index contributed by atoms with van der Waals surface area (Å²) in [6, 6.07) is 13.5. The van der Waals surface area contributed by atoms with E-state index in [2.05, 4.69) is 59.0 Å². The summed E-state index contributed by atoms with van der Waals surface area (Å²) < 4.78 is 11.1. The van der Waals surface area contributed by atoms with E-state index in [0.717, 1.165) is 11.3 Å². The molecule has 0 heterocycles. The summed E-state index contributed by atoms with van der Waals surface area (Å²) in [4.78, 5) is 12.3. The largest absolute Gasteiger partial charge is 0.495 e. The number of para-hydroxylation sites is 2. The number of ether oxygens (including phenoxy) is 2. The van der Waals surface area contributed by atoms with Gasteiger partial charge in [0.15, 0.2) is 6.61 Å². The van der Waals surface area contributed by atoms with E-state index < -0.39 is 0 Å². The van der Waals surface area contributed by atoms with E-state index in [4.69, 9.17) is 9.47 Å². The number of benzene rings is 2. The molecule has 0 radical (unpaired) electrons. The number of hydrogen-bond acceptors (Lipinski definition) is 3. The Bertz CT molecular complexity index is 798. The van der Waals surface area contributed by atoms with Crippen LogP contribution in [0.15, 0.2) is 42.5 Å². The number of rotatable bonds is 5. The van der Waals surface area contributed by atoms with Crippen LogP contribution in [0.1, 0.15) is 52.7 Å². The van der Waals surface area contributed by atoms with Crippen molar-refractivity contribution >= 4 is 11.6 Å². The second kappa shape index (κ2) is 8.03. The third kappa shape index (κ3) is 5.49. The first-order chi connectivity index (χ1) is 12.5. The van der Waals surface area contributed by atoms with Gasteiger partial charge in [-0.3, -0.25) is 4.79 Å². The third-order valence-electron chi connectivity index (χ3n) is 4.39. The summed E-state index contributed by atoms with van der Waals surface area (Å²) in [5, 5.41) is 2.84. The van der Waals surface area contributed by atoms with Crippen molar-refractivity contribution in [1.82, 2.24) is 0 Å². The second-order valence-corrected chi connectivity index (χ2v) is 8.75. The minimum absolute atomic E-state index is 0.0553. The van der Waals surface area contributed by atoms with Crippen molar-refractivity contribution in [2.75, 3.05) is 19.0 Å². The normalized spacial score (nSPS) is 11.8. The molecule has 1 N–H and O–H groups in total. The number of amides is 1. The molecule has 0 bridgehead atoms. The van der Waals surface area contributed by atoms with Crippen molar-refractivity contribution in [1.29, 1.82) is 0 Å². The van der Waals surface area contributed by atoms with Gasteiger partial charge in [0.1, 0.15) is 11.5 Å². The molecule has 0 aliphatic carbocycles. The van der Waals surface area contributed by atoms with Crippen molar-refractivity contribution in [3.05, 3.63) is 53.6 Å². The van der Waals surface area contributed by atoms with Crippen LogP contribution in [0, 0.1) is 0 Å². The predicted molar refractivity (Wildman–Crippen MR) is 111 cm³/mol. The molecule has 0 unspecified atom stereocenters. The van der Waals surface area contributed by atoms with E-state index in [1.54, 1.807) is 19.2 Å². The minimum Gasteiger partial charge on any atom is -0.495 e. The van der Waals surface area contributed by atoms with Crippen LogP contribution in [0.4, 0.5) is 5.69 Å². The van der Waals surface area contributed by atoms with Crippen LogP contribution in [0.25, 0.3) is 0 Å². The lowest BCUT2D eigenvalue weighted by molar-refractivity contribution is -0.118. The number of carbonyl (C=O) groups excluding carboxylic acids is 1. The Morgan fingerprint density at radius 2 is 1.59 bits per heavy atom. The van der Waals surface area contributed by atoms with Gasteiger partial charge in [-0.05, 0) is 40.2 Å².